The van der Waals surface area contributed by atoms with Crippen LogP contribution in [0.3, 0.4) is 0 Å². The molecule has 3 nitrogen and oxygen atoms in total. The van der Waals surface area contributed by atoms with E-state index in [1.165, 1.54) is 33.9 Å². The van der Waals surface area contributed by atoms with E-state index in [2.05, 4.69) is 9.97 Å². The Morgan fingerprint density at radius 2 is 1.88 bits per heavy atom. The third kappa shape index (κ3) is 3.30. The number of aromatic nitrogens is 2. The maximum absolute atomic E-state index is 11.0. The van der Waals surface area contributed by atoms with E-state index >= 15 is 0 Å². The van der Waals surface area contributed by atoms with Crippen molar-refractivity contribution in [1.29, 1.82) is 0 Å². The molecule has 0 saturated carbocycles. The Bertz CT molecular complexity index is 527. The molecule has 0 atom stereocenters. The number of nitrogens with zero attached hydrogens (tertiary/aromatic N) is 1. The number of benzene rings is 1. The van der Waals surface area contributed by atoms with Gasteiger partial charge in [0.15, 0.2) is 5.16 Å². The van der Waals surface area contributed by atoms with Crippen LogP contribution in [-0.4, -0.2) is 9.97 Å². The minimum Gasteiger partial charge on any atom is -0.301 e. The average Bonchev–Trinajstić information content (AvgIpc) is 2.28. The van der Waals surface area contributed by atoms with Crippen LogP contribution in [0.1, 0.15) is 0 Å². The van der Waals surface area contributed by atoms with Crippen molar-refractivity contribution in [2.75, 3.05) is 0 Å². The molecule has 82 valence electrons. The first-order chi connectivity index (χ1) is 7.74. The van der Waals surface area contributed by atoms with Gasteiger partial charge < -0.3 is 4.98 Å². The number of aromatic amines is 1. The molecule has 0 bridgehead atoms. The highest BCUT2D eigenvalue weighted by Gasteiger charge is 1.99. The second-order valence-corrected chi connectivity index (χ2v) is 5.49. The number of hydrogen-bond donors (Lipinski definition) is 1. The molecule has 2 aromatic rings. The number of H-pyrrole nitrogens is 1. The van der Waals surface area contributed by atoms with Gasteiger partial charge in [0.05, 0.1) is 0 Å². The SMILES string of the molecule is O=c1ccnc(SSc2ccc(Cl)cc2)[nH]1. The summed E-state index contributed by atoms with van der Waals surface area (Å²) in [5.74, 6) is 0. The zero-order valence-corrected chi connectivity index (χ0v) is 10.4. The fourth-order valence-electron chi connectivity index (χ4n) is 0.972. The smallest absolute Gasteiger partial charge is 0.251 e. The molecule has 0 aliphatic carbocycles. The Morgan fingerprint density at radius 1 is 1.12 bits per heavy atom. The first-order valence-corrected chi connectivity index (χ1v) is 6.92. The Balaban J connectivity index is 2.02. The molecule has 1 N–H and O–H groups in total. The number of halogens is 1. The fraction of sp³-hybridized carbons (Fsp3) is 0. The summed E-state index contributed by atoms with van der Waals surface area (Å²) in [4.78, 5) is 18.7. The van der Waals surface area contributed by atoms with Gasteiger partial charge in [0, 0.05) is 22.2 Å². The van der Waals surface area contributed by atoms with Crippen molar-refractivity contribution in [1.82, 2.24) is 9.97 Å². The highest BCUT2D eigenvalue weighted by Crippen LogP contribution is 2.35. The number of hydrogen-bond acceptors (Lipinski definition) is 4. The molecule has 2 rings (SSSR count). The van der Waals surface area contributed by atoms with Crippen molar-refractivity contribution in [3.63, 3.8) is 0 Å². The van der Waals surface area contributed by atoms with E-state index < -0.39 is 0 Å². The van der Waals surface area contributed by atoms with Gasteiger partial charge in [-0.1, -0.05) is 11.6 Å². The first kappa shape index (κ1) is 11.6. The lowest BCUT2D eigenvalue weighted by atomic mass is 10.4. The second kappa shape index (κ2) is 5.43. The van der Waals surface area contributed by atoms with E-state index in [1.807, 2.05) is 24.3 Å². The molecule has 0 aliphatic heterocycles. The van der Waals surface area contributed by atoms with Crippen LogP contribution < -0.4 is 5.56 Å². The maximum Gasteiger partial charge on any atom is 0.251 e. The topological polar surface area (TPSA) is 45.8 Å². The van der Waals surface area contributed by atoms with Crippen molar-refractivity contribution in [3.8, 4) is 0 Å². The Kier molecular flexibility index (Phi) is 3.93. The highest BCUT2D eigenvalue weighted by molar-refractivity contribution is 8.76. The second-order valence-electron chi connectivity index (χ2n) is 2.86. The summed E-state index contributed by atoms with van der Waals surface area (Å²) in [6, 6.07) is 8.87. The van der Waals surface area contributed by atoms with Gasteiger partial charge in [0.2, 0.25) is 0 Å². The van der Waals surface area contributed by atoms with Crippen LogP contribution in [0, 0.1) is 0 Å². The number of rotatable bonds is 3. The van der Waals surface area contributed by atoms with Gasteiger partial charge in [-0.3, -0.25) is 4.79 Å². The van der Waals surface area contributed by atoms with Crippen LogP contribution in [0.5, 0.6) is 0 Å². The molecule has 6 heteroatoms. The van der Waals surface area contributed by atoms with E-state index in [4.69, 9.17) is 11.6 Å². The molecule has 0 aliphatic rings. The minimum atomic E-state index is -0.144. The lowest BCUT2D eigenvalue weighted by Crippen LogP contribution is -2.04. The number of nitrogens with one attached hydrogen (secondary N) is 1. The third-order valence-corrected chi connectivity index (χ3v) is 4.14. The van der Waals surface area contributed by atoms with Crippen LogP contribution in [-0.2, 0) is 0 Å². The van der Waals surface area contributed by atoms with Crippen molar-refractivity contribution < 1.29 is 0 Å². The van der Waals surface area contributed by atoms with Crippen molar-refractivity contribution in [2.45, 2.75) is 10.1 Å². The van der Waals surface area contributed by atoms with Gasteiger partial charge in [-0.25, -0.2) is 4.98 Å². The molecule has 0 amide bonds. The van der Waals surface area contributed by atoms with Crippen LogP contribution in [0.25, 0.3) is 0 Å². The van der Waals surface area contributed by atoms with Crippen molar-refractivity contribution >= 4 is 33.2 Å². The Labute approximate surface area is 105 Å². The largest absolute Gasteiger partial charge is 0.301 e. The minimum absolute atomic E-state index is 0.144. The molecular weight excluding hydrogens is 264 g/mol. The predicted octanol–water partition coefficient (Wildman–Crippen LogP) is 3.22. The molecule has 1 aromatic carbocycles. The summed E-state index contributed by atoms with van der Waals surface area (Å²) in [5, 5.41) is 1.30. The average molecular weight is 271 g/mol. The van der Waals surface area contributed by atoms with Crippen molar-refractivity contribution in [2.24, 2.45) is 0 Å². The van der Waals surface area contributed by atoms with Gasteiger partial charge in [0.25, 0.3) is 5.56 Å². The van der Waals surface area contributed by atoms with E-state index in [0.29, 0.717) is 10.2 Å². The molecule has 16 heavy (non-hydrogen) atoms. The standard InChI is InChI=1S/C10H7ClN2OS2/c11-7-1-3-8(4-2-7)15-16-10-12-6-5-9(14)13-10/h1-6H,(H,12,13,14). The van der Waals surface area contributed by atoms with Gasteiger partial charge in [0.1, 0.15) is 0 Å². The summed E-state index contributed by atoms with van der Waals surface area (Å²) in [7, 11) is 2.92. The van der Waals surface area contributed by atoms with Gasteiger partial charge in [-0.05, 0) is 45.9 Å². The maximum atomic E-state index is 11.0. The molecule has 1 aromatic heterocycles. The van der Waals surface area contributed by atoms with Crippen LogP contribution in [0.15, 0.2) is 51.4 Å². The zero-order valence-electron chi connectivity index (χ0n) is 8.01. The lowest BCUT2D eigenvalue weighted by Gasteiger charge is -1.99. The summed E-state index contributed by atoms with van der Waals surface area (Å²) in [6.07, 6.45) is 1.49. The molecule has 1 heterocycles. The molecule has 0 unspecified atom stereocenters. The monoisotopic (exact) mass is 270 g/mol. The normalized spacial score (nSPS) is 10.3. The summed E-state index contributed by atoms with van der Waals surface area (Å²) >= 11 is 5.77. The summed E-state index contributed by atoms with van der Waals surface area (Å²) in [5.41, 5.74) is -0.144. The van der Waals surface area contributed by atoms with E-state index in [-0.39, 0.29) is 5.56 Å². The van der Waals surface area contributed by atoms with E-state index in [9.17, 15) is 4.79 Å². The molecular formula is C10H7ClN2OS2. The zero-order chi connectivity index (χ0) is 11.4. The Hall–Kier alpha value is -0.910. The quantitative estimate of drug-likeness (QED) is 0.687. The van der Waals surface area contributed by atoms with Gasteiger partial charge >= 0.3 is 0 Å². The highest BCUT2D eigenvalue weighted by atomic mass is 35.5. The molecule has 0 saturated heterocycles. The van der Waals surface area contributed by atoms with E-state index in [0.717, 1.165) is 4.90 Å². The Morgan fingerprint density at radius 3 is 2.56 bits per heavy atom. The van der Waals surface area contributed by atoms with Crippen LogP contribution >= 0.6 is 33.2 Å². The summed E-state index contributed by atoms with van der Waals surface area (Å²) in [6.45, 7) is 0. The lowest BCUT2D eigenvalue weighted by molar-refractivity contribution is 0.942. The van der Waals surface area contributed by atoms with Gasteiger partial charge in [-0.2, -0.15) is 0 Å². The third-order valence-electron chi connectivity index (χ3n) is 1.68. The van der Waals surface area contributed by atoms with Crippen molar-refractivity contribution in [3.05, 3.63) is 51.9 Å². The van der Waals surface area contributed by atoms with Gasteiger partial charge in [-0.15, -0.1) is 0 Å². The summed E-state index contributed by atoms with van der Waals surface area (Å²) < 4.78 is 0. The molecule has 0 radical (unpaired) electrons. The molecule has 0 spiro atoms. The van der Waals surface area contributed by atoms with Crippen LogP contribution in [0.4, 0.5) is 0 Å². The van der Waals surface area contributed by atoms with Crippen LogP contribution in [0.2, 0.25) is 5.02 Å². The first-order valence-electron chi connectivity index (χ1n) is 4.39. The fourth-order valence-corrected chi connectivity index (χ4v) is 2.88. The van der Waals surface area contributed by atoms with E-state index in [1.54, 1.807) is 0 Å². The molecule has 0 fully saturated rings. The predicted molar refractivity (Wildman–Crippen MR) is 68.0 cm³/mol.